The number of hydrogen-bond donors (Lipinski definition) is 1. The van der Waals surface area contributed by atoms with E-state index in [2.05, 4.69) is 4.98 Å². The van der Waals surface area contributed by atoms with E-state index in [4.69, 9.17) is 16.3 Å². The average molecular weight is 388 g/mol. The second-order valence-corrected chi connectivity index (χ2v) is 6.46. The summed E-state index contributed by atoms with van der Waals surface area (Å²) < 4.78 is 45.8. The highest BCUT2D eigenvalue weighted by Gasteiger charge is 2.34. The van der Waals surface area contributed by atoms with Crippen LogP contribution in [0.2, 0.25) is 5.02 Å². The molecule has 136 valence electrons. The van der Waals surface area contributed by atoms with E-state index >= 15 is 0 Å². The molecule has 0 aliphatic rings. The minimum absolute atomic E-state index is 0.0548. The van der Waals surface area contributed by atoms with Crippen molar-refractivity contribution in [2.75, 3.05) is 0 Å². The molecule has 3 aromatic carbocycles. The largest absolute Gasteiger partial charge is 0.457 e. The summed E-state index contributed by atoms with van der Waals surface area (Å²) in [6.45, 7) is 0. The van der Waals surface area contributed by atoms with Gasteiger partial charge in [-0.05, 0) is 42.0 Å². The fraction of sp³-hybridized carbons (Fsp3) is 0.0476. The molecule has 0 aliphatic heterocycles. The van der Waals surface area contributed by atoms with Gasteiger partial charge in [-0.1, -0.05) is 41.9 Å². The zero-order valence-electron chi connectivity index (χ0n) is 13.8. The predicted molar refractivity (Wildman–Crippen MR) is 100 cm³/mol. The number of nitrogens with one attached hydrogen (secondary N) is 1. The summed E-state index contributed by atoms with van der Waals surface area (Å²) in [5, 5.41) is 0.583. The second kappa shape index (κ2) is 6.67. The van der Waals surface area contributed by atoms with Crippen molar-refractivity contribution in [1.82, 2.24) is 4.98 Å². The molecule has 27 heavy (non-hydrogen) atoms. The number of para-hydroxylation sites is 1. The maximum atomic E-state index is 13.3. The van der Waals surface area contributed by atoms with Crippen LogP contribution in [0.1, 0.15) is 5.56 Å². The Labute approximate surface area is 158 Å². The molecule has 1 N–H and O–H groups in total. The third-order valence-electron chi connectivity index (χ3n) is 4.19. The standard InChI is InChI=1S/C21H13ClF3NO/c22-14-6-4-5-13(9-14)16-10-19-17(18(12-26-19)21(23,24)25)11-20(16)27-15-7-2-1-3-8-15/h1-12,26H. The number of fused-ring (bicyclic) bond motifs is 1. The summed E-state index contributed by atoms with van der Waals surface area (Å²) in [7, 11) is 0. The van der Waals surface area contributed by atoms with Crippen molar-refractivity contribution < 1.29 is 17.9 Å². The SMILES string of the molecule is FC(F)(F)c1c[nH]c2cc(-c3cccc(Cl)c3)c(Oc3ccccc3)cc12. The Morgan fingerprint density at radius 2 is 1.67 bits per heavy atom. The van der Waals surface area contributed by atoms with Gasteiger partial charge in [0.05, 0.1) is 5.56 Å². The summed E-state index contributed by atoms with van der Waals surface area (Å²) in [5.74, 6) is 0.852. The quantitative estimate of drug-likeness (QED) is 0.392. The molecule has 0 spiro atoms. The molecule has 0 bridgehead atoms. The van der Waals surface area contributed by atoms with Crippen LogP contribution < -0.4 is 4.74 Å². The molecule has 4 rings (SSSR count). The number of aromatic nitrogens is 1. The van der Waals surface area contributed by atoms with E-state index in [0.717, 1.165) is 11.8 Å². The van der Waals surface area contributed by atoms with Crippen LogP contribution in [0.3, 0.4) is 0 Å². The number of H-pyrrole nitrogens is 1. The zero-order chi connectivity index (χ0) is 19.0. The monoisotopic (exact) mass is 387 g/mol. The van der Waals surface area contributed by atoms with Crippen molar-refractivity contribution >= 4 is 22.5 Å². The molecule has 1 aromatic heterocycles. The van der Waals surface area contributed by atoms with E-state index in [1.165, 1.54) is 6.07 Å². The topological polar surface area (TPSA) is 25.0 Å². The predicted octanol–water partition coefficient (Wildman–Crippen LogP) is 7.30. The second-order valence-electron chi connectivity index (χ2n) is 6.02. The first kappa shape index (κ1) is 17.5. The summed E-state index contributed by atoms with van der Waals surface area (Å²) in [4.78, 5) is 2.70. The molecule has 0 amide bonds. The first-order chi connectivity index (χ1) is 12.9. The van der Waals surface area contributed by atoms with Gasteiger partial charge in [0.2, 0.25) is 0 Å². The van der Waals surface area contributed by atoms with Crippen molar-refractivity contribution in [2.45, 2.75) is 6.18 Å². The Bertz CT molecular complexity index is 1100. The highest BCUT2D eigenvalue weighted by atomic mass is 35.5. The lowest BCUT2D eigenvalue weighted by Crippen LogP contribution is -2.03. The first-order valence-corrected chi connectivity index (χ1v) is 8.51. The highest BCUT2D eigenvalue weighted by molar-refractivity contribution is 6.30. The number of rotatable bonds is 3. The lowest BCUT2D eigenvalue weighted by molar-refractivity contribution is -0.136. The van der Waals surface area contributed by atoms with Crippen molar-refractivity contribution in [2.24, 2.45) is 0 Å². The molecular weight excluding hydrogens is 375 g/mol. The summed E-state index contributed by atoms with van der Waals surface area (Å²) in [6.07, 6.45) is -3.49. The molecule has 0 saturated heterocycles. The van der Waals surface area contributed by atoms with Gasteiger partial charge in [-0.15, -0.1) is 0 Å². The fourth-order valence-corrected chi connectivity index (χ4v) is 3.16. The number of alkyl halides is 3. The summed E-state index contributed by atoms with van der Waals surface area (Å²) >= 11 is 6.09. The minimum atomic E-state index is -4.46. The molecule has 4 aromatic rings. The van der Waals surface area contributed by atoms with Crippen LogP contribution in [0.15, 0.2) is 72.9 Å². The van der Waals surface area contributed by atoms with Gasteiger partial charge in [0.1, 0.15) is 11.5 Å². The molecule has 0 aliphatic carbocycles. The van der Waals surface area contributed by atoms with E-state index < -0.39 is 11.7 Å². The zero-order valence-corrected chi connectivity index (χ0v) is 14.6. The average Bonchev–Trinajstić information content (AvgIpc) is 3.05. The number of hydrogen-bond acceptors (Lipinski definition) is 1. The van der Waals surface area contributed by atoms with Crippen LogP contribution in [-0.2, 0) is 6.18 Å². The number of aromatic amines is 1. The van der Waals surface area contributed by atoms with Crippen LogP contribution in [0.4, 0.5) is 13.2 Å². The van der Waals surface area contributed by atoms with Gasteiger partial charge in [-0.3, -0.25) is 0 Å². The third-order valence-corrected chi connectivity index (χ3v) is 4.43. The molecule has 6 heteroatoms. The minimum Gasteiger partial charge on any atom is -0.457 e. The highest BCUT2D eigenvalue weighted by Crippen LogP contribution is 2.41. The third kappa shape index (κ3) is 3.51. The molecule has 0 unspecified atom stereocenters. The van der Waals surface area contributed by atoms with Gasteiger partial charge in [0.15, 0.2) is 0 Å². The Morgan fingerprint density at radius 1 is 0.889 bits per heavy atom. The molecule has 0 atom stereocenters. The van der Waals surface area contributed by atoms with Gasteiger partial charge >= 0.3 is 6.18 Å². The maximum Gasteiger partial charge on any atom is 0.418 e. The smallest absolute Gasteiger partial charge is 0.418 e. The lowest BCUT2D eigenvalue weighted by Gasteiger charge is -2.13. The van der Waals surface area contributed by atoms with E-state index in [0.29, 0.717) is 27.6 Å². The van der Waals surface area contributed by atoms with E-state index in [9.17, 15) is 13.2 Å². The molecule has 1 heterocycles. The van der Waals surface area contributed by atoms with Crippen LogP contribution >= 0.6 is 11.6 Å². The molecule has 2 nitrogen and oxygen atoms in total. The van der Waals surface area contributed by atoms with Gasteiger partial charge in [0.25, 0.3) is 0 Å². The molecule has 0 fully saturated rings. The van der Waals surface area contributed by atoms with Crippen molar-refractivity contribution in [3.63, 3.8) is 0 Å². The van der Waals surface area contributed by atoms with E-state index in [-0.39, 0.29) is 5.39 Å². The van der Waals surface area contributed by atoms with Crippen LogP contribution in [-0.4, -0.2) is 4.98 Å². The normalized spacial score (nSPS) is 11.7. The lowest BCUT2D eigenvalue weighted by atomic mass is 10.0. The van der Waals surface area contributed by atoms with Crippen molar-refractivity contribution in [1.29, 1.82) is 0 Å². The Morgan fingerprint density at radius 3 is 2.37 bits per heavy atom. The maximum absolute atomic E-state index is 13.3. The van der Waals surface area contributed by atoms with Crippen molar-refractivity contribution in [3.05, 3.63) is 83.5 Å². The Hall–Kier alpha value is -2.92. The number of ether oxygens (including phenoxy) is 1. The van der Waals surface area contributed by atoms with Crippen molar-refractivity contribution in [3.8, 4) is 22.6 Å². The van der Waals surface area contributed by atoms with E-state index in [1.54, 1.807) is 48.5 Å². The Kier molecular flexibility index (Phi) is 4.32. The van der Waals surface area contributed by atoms with Crippen LogP contribution in [0, 0.1) is 0 Å². The number of halogens is 4. The summed E-state index contributed by atoms with van der Waals surface area (Å²) in [6, 6.07) is 19.1. The van der Waals surface area contributed by atoms with E-state index in [1.807, 2.05) is 12.1 Å². The van der Waals surface area contributed by atoms with Gasteiger partial charge < -0.3 is 9.72 Å². The van der Waals surface area contributed by atoms with Gasteiger partial charge in [0, 0.05) is 27.7 Å². The molecular formula is C21H13ClF3NO. The van der Waals surface area contributed by atoms with Gasteiger partial charge in [-0.2, -0.15) is 13.2 Å². The molecule has 0 radical (unpaired) electrons. The summed E-state index contributed by atoms with van der Waals surface area (Å²) in [5.41, 5.74) is 1.04. The van der Waals surface area contributed by atoms with Gasteiger partial charge in [-0.25, -0.2) is 0 Å². The first-order valence-electron chi connectivity index (χ1n) is 8.13. The Balaban J connectivity index is 1.93. The molecule has 0 saturated carbocycles. The van der Waals surface area contributed by atoms with Crippen LogP contribution in [0.25, 0.3) is 22.0 Å². The van der Waals surface area contributed by atoms with Crippen LogP contribution in [0.5, 0.6) is 11.5 Å². The number of benzene rings is 3. The fourth-order valence-electron chi connectivity index (χ4n) is 2.97.